The molecule has 5 nitrogen and oxygen atoms in total. The summed E-state index contributed by atoms with van der Waals surface area (Å²) in [6, 6.07) is 5.08. The standard InChI is InChI=1S/C21H24BrClN2O3S/c1-6-28-19(27)15-13-10-20(2,3)25-21(4,5)16(13)29-18(15)24-17(26)12-9-11(22)7-8-14(12)23/h7-9,25H,6,10H2,1-5H3,(H,24,26). The van der Waals surface area contributed by atoms with E-state index in [1.807, 2.05) is 0 Å². The number of thiophene rings is 1. The molecule has 3 rings (SSSR count). The summed E-state index contributed by atoms with van der Waals surface area (Å²) in [5, 5.41) is 7.35. The van der Waals surface area contributed by atoms with E-state index in [2.05, 4.69) is 54.3 Å². The van der Waals surface area contributed by atoms with Crippen LogP contribution in [0.2, 0.25) is 5.02 Å². The molecule has 29 heavy (non-hydrogen) atoms. The number of carbonyl (C=O) groups excluding carboxylic acids is 2. The van der Waals surface area contributed by atoms with Gasteiger partial charge in [0, 0.05) is 20.4 Å². The first-order valence-electron chi connectivity index (χ1n) is 9.34. The van der Waals surface area contributed by atoms with Gasteiger partial charge in [-0.15, -0.1) is 11.3 Å². The van der Waals surface area contributed by atoms with Gasteiger partial charge in [0.05, 0.1) is 22.8 Å². The van der Waals surface area contributed by atoms with Crippen LogP contribution in [-0.2, 0) is 16.7 Å². The molecule has 0 atom stereocenters. The zero-order valence-electron chi connectivity index (χ0n) is 17.0. The van der Waals surface area contributed by atoms with Gasteiger partial charge in [-0.05, 0) is 64.8 Å². The van der Waals surface area contributed by atoms with Gasteiger partial charge in [-0.25, -0.2) is 4.79 Å². The first-order chi connectivity index (χ1) is 13.4. The summed E-state index contributed by atoms with van der Waals surface area (Å²) < 4.78 is 6.07. The van der Waals surface area contributed by atoms with Crippen LogP contribution in [0.3, 0.4) is 0 Å². The monoisotopic (exact) mass is 498 g/mol. The highest BCUT2D eigenvalue weighted by atomic mass is 79.9. The molecule has 0 saturated heterocycles. The second-order valence-corrected chi connectivity index (χ2v) is 10.6. The average Bonchev–Trinajstić information content (AvgIpc) is 2.94. The summed E-state index contributed by atoms with van der Waals surface area (Å²) in [5.74, 6) is -0.792. The Kier molecular flexibility index (Phi) is 6.16. The molecular weight excluding hydrogens is 476 g/mol. The lowest BCUT2D eigenvalue weighted by molar-refractivity contribution is 0.0526. The molecule has 1 amide bonds. The third-order valence-electron chi connectivity index (χ3n) is 4.72. The number of nitrogens with one attached hydrogen (secondary N) is 2. The van der Waals surface area contributed by atoms with Crippen LogP contribution in [0, 0.1) is 0 Å². The van der Waals surface area contributed by atoms with Crippen molar-refractivity contribution in [3.05, 3.63) is 49.3 Å². The van der Waals surface area contributed by atoms with E-state index in [-0.39, 0.29) is 23.6 Å². The van der Waals surface area contributed by atoms with Gasteiger partial charge >= 0.3 is 5.97 Å². The molecular formula is C21H24BrClN2O3S. The van der Waals surface area contributed by atoms with Crippen molar-refractivity contribution in [2.75, 3.05) is 11.9 Å². The molecule has 0 saturated carbocycles. The van der Waals surface area contributed by atoms with E-state index >= 15 is 0 Å². The molecule has 0 bridgehead atoms. The summed E-state index contributed by atoms with van der Waals surface area (Å²) in [6.45, 7) is 10.4. The minimum absolute atomic E-state index is 0.201. The topological polar surface area (TPSA) is 67.4 Å². The fourth-order valence-corrected chi connectivity index (χ4v) is 5.70. The molecule has 1 aromatic carbocycles. The maximum Gasteiger partial charge on any atom is 0.341 e. The Morgan fingerprint density at radius 1 is 1.31 bits per heavy atom. The first kappa shape index (κ1) is 22.3. The SMILES string of the molecule is CCOC(=O)c1c(NC(=O)c2cc(Br)ccc2Cl)sc2c1CC(C)(C)NC2(C)C. The van der Waals surface area contributed by atoms with Crippen LogP contribution in [0.4, 0.5) is 5.00 Å². The van der Waals surface area contributed by atoms with Crippen LogP contribution in [0.15, 0.2) is 22.7 Å². The second-order valence-electron chi connectivity index (χ2n) is 8.22. The Hall–Kier alpha value is -1.41. The lowest BCUT2D eigenvalue weighted by Crippen LogP contribution is -2.55. The zero-order valence-corrected chi connectivity index (χ0v) is 20.2. The molecule has 0 aliphatic carbocycles. The van der Waals surface area contributed by atoms with E-state index in [9.17, 15) is 9.59 Å². The van der Waals surface area contributed by atoms with E-state index in [0.717, 1.165) is 14.9 Å². The number of hydrogen-bond acceptors (Lipinski definition) is 5. The van der Waals surface area contributed by atoms with Crippen LogP contribution < -0.4 is 10.6 Å². The van der Waals surface area contributed by atoms with Crippen LogP contribution in [0.25, 0.3) is 0 Å². The van der Waals surface area contributed by atoms with Gasteiger partial charge in [-0.2, -0.15) is 0 Å². The van der Waals surface area contributed by atoms with Crippen molar-refractivity contribution in [2.45, 2.75) is 52.1 Å². The number of rotatable bonds is 4. The van der Waals surface area contributed by atoms with Gasteiger partial charge < -0.3 is 15.4 Å². The first-order valence-corrected chi connectivity index (χ1v) is 11.3. The predicted molar refractivity (Wildman–Crippen MR) is 121 cm³/mol. The Morgan fingerprint density at radius 2 is 2.00 bits per heavy atom. The highest BCUT2D eigenvalue weighted by molar-refractivity contribution is 9.10. The summed E-state index contributed by atoms with van der Waals surface area (Å²) in [5.41, 5.74) is 1.15. The van der Waals surface area contributed by atoms with E-state index in [0.29, 0.717) is 27.6 Å². The lowest BCUT2D eigenvalue weighted by Gasteiger charge is -2.42. The highest BCUT2D eigenvalue weighted by Crippen LogP contribution is 2.45. The Morgan fingerprint density at radius 3 is 2.66 bits per heavy atom. The van der Waals surface area contributed by atoms with Crippen LogP contribution in [0.1, 0.15) is 65.8 Å². The van der Waals surface area contributed by atoms with Crippen molar-refractivity contribution in [1.29, 1.82) is 0 Å². The van der Waals surface area contributed by atoms with E-state index in [1.165, 1.54) is 11.3 Å². The fraction of sp³-hybridized carbons (Fsp3) is 0.429. The molecule has 2 aromatic rings. The fourth-order valence-electron chi connectivity index (χ4n) is 3.88. The van der Waals surface area contributed by atoms with Crippen molar-refractivity contribution in [3.63, 3.8) is 0 Å². The Balaban J connectivity index is 2.09. The Labute approximate surface area is 188 Å². The molecule has 0 fully saturated rings. The number of benzene rings is 1. The largest absolute Gasteiger partial charge is 0.462 e. The van der Waals surface area contributed by atoms with Gasteiger partial charge in [0.25, 0.3) is 5.91 Å². The number of anilines is 1. The van der Waals surface area contributed by atoms with E-state index < -0.39 is 5.97 Å². The number of amides is 1. The second kappa shape index (κ2) is 8.02. The number of fused-ring (bicyclic) bond motifs is 1. The molecule has 2 heterocycles. The molecule has 8 heteroatoms. The van der Waals surface area contributed by atoms with Crippen LogP contribution >= 0.6 is 38.9 Å². The van der Waals surface area contributed by atoms with Gasteiger partial charge in [0.2, 0.25) is 0 Å². The minimum atomic E-state index is -0.422. The average molecular weight is 500 g/mol. The van der Waals surface area contributed by atoms with Gasteiger partial charge in [-0.1, -0.05) is 27.5 Å². The quantitative estimate of drug-likeness (QED) is 0.525. The van der Waals surface area contributed by atoms with Gasteiger partial charge in [-0.3, -0.25) is 4.79 Å². The predicted octanol–water partition coefficient (Wildman–Crippen LogP) is 5.75. The van der Waals surface area contributed by atoms with Crippen LogP contribution in [0.5, 0.6) is 0 Å². The minimum Gasteiger partial charge on any atom is -0.462 e. The number of halogens is 2. The number of ether oxygens (including phenoxy) is 1. The molecule has 1 aliphatic rings. The molecule has 2 N–H and O–H groups in total. The molecule has 0 unspecified atom stereocenters. The number of carbonyl (C=O) groups is 2. The van der Waals surface area contributed by atoms with Crippen molar-refractivity contribution in [1.82, 2.24) is 5.32 Å². The van der Waals surface area contributed by atoms with Crippen molar-refractivity contribution >= 4 is 55.7 Å². The van der Waals surface area contributed by atoms with Gasteiger partial charge in [0.1, 0.15) is 5.00 Å². The van der Waals surface area contributed by atoms with E-state index in [4.69, 9.17) is 16.3 Å². The molecule has 0 radical (unpaired) electrons. The lowest BCUT2D eigenvalue weighted by atomic mass is 9.81. The summed E-state index contributed by atoms with van der Waals surface area (Å²) in [6.07, 6.45) is 0.657. The third kappa shape index (κ3) is 4.53. The van der Waals surface area contributed by atoms with Gasteiger partial charge in [0.15, 0.2) is 0 Å². The summed E-state index contributed by atoms with van der Waals surface area (Å²) in [4.78, 5) is 26.8. The molecule has 1 aliphatic heterocycles. The molecule has 0 spiro atoms. The van der Waals surface area contributed by atoms with Crippen molar-refractivity contribution in [2.24, 2.45) is 0 Å². The zero-order chi connectivity index (χ0) is 21.6. The number of hydrogen-bond donors (Lipinski definition) is 2. The molecule has 156 valence electrons. The smallest absolute Gasteiger partial charge is 0.341 e. The summed E-state index contributed by atoms with van der Waals surface area (Å²) in [7, 11) is 0. The number of esters is 1. The van der Waals surface area contributed by atoms with Crippen molar-refractivity contribution in [3.8, 4) is 0 Å². The van der Waals surface area contributed by atoms with Crippen molar-refractivity contribution < 1.29 is 14.3 Å². The normalized spacial score (nSPS) is 16.8. The maximum absolute atomic E-state index is 12.9. The highest BCUT2D eigenvalue weighted by Gasteiger charge is 2.42. The van der Waals surface area contributed by atoms with E-state index in [1.54, 1.807) is 25.1 Å². The third-order valence-corrected chi connectivity index (χ3v) is 7.02. The maximum atomic E-state index is 12.9. The summed E-state index contributed by atoms with van der Waals surface area (Å²) >= 11 is 11.0. The van der Waals surface area contributed by atoms with Crippen LogP contribution in [-0.4, -0.2) is 24.0 Å². The Bertz CT molecular complexity index is 985. The molecule has 1 aromatic heterocycles.